The number of furan rings is 1. The van der Waals surface area contributed by atoms with Crippen molar-refractivity contribution in [1.29, 1.82) is 0 Å². The largest absolute Gasteiger partial charge is 0.496 e. The Kier molecular flexibility index (Phi) is 5.25. The van der Waals surface area contributed by atoms with Gasteiger partial charge in [-0.3, -0.25) is 4.79 Å². The maximum Gasteiger partial charge on any atom is 0.248 e. The second-order valence-corrected chi connectivity index (χ2v) is 9.69. The number of hydrogen-bond donors (Lipinski definition) is 1. The van der Waals surface area contributed by atoms with Gasteiger partial charge in [-0.25, -0.2) is 0 Å². The highest BCUT2D eigenvalue weighted by Gasteiger charge is 2.23. The summed E-state index contributed by atoms with van der Waals surface area (Å²) in [5.41, 5.74) is 10.9. The highest BCUT2D eigenvalue weighted by molar-refractivity contribution is 6.05. The number of carbonyl (C=O) groups is 1. The third-order valence-corrected chi connectivity index (χ3v) is 7.46. The zero-order valence-corrected chi connectivity index (χ0v) is 20.5. The molecular weight excluding hydrogens is 434 g/mol. The molecule has 4 aromatic rings. The smallest absolute Gasteiger partial charge is 0.248 e. The Morgan fingerprint density at radius 3 is 2.69 bits per heavy atom. The van der Waals surface area contributed by atoms with Crippen molar-refractivity contribution in [1.82, 2.24) is 0 Å². The zero-order valence-electron chi connectivity index (χ0n) is 20.5. The van der Waals surface area contributed by atoms with E-state index in [-0.39, 0.29) is 5.91 Å². The summed E-state index contributed by atoms with van der Waals surface area (Å²) in [4.78, 5) is 13.0. The number of ether oxygens (including phenoxy) is 1. The first kappa shape index (κ1) is 21.7. The third-order valence-electron chi connectivity index (χ3n) is 7.46. The molecule has 35 heavy (non-hydrogen) atoms. The number of aryl methyl sites for hydroxylation is 3. The Morgan fingerprint density at radius 1 is 1.03 bits per heavy atom. The molecule has 6 rings (SSSR count). The number of nitrogens with one attached hydrogen (secondary N) is 1. The average Bonchev–Trinajstić information content (AvgIpc) is 3.42. The zero-order chi connectivity index (χ0) is 24.1. The highest BCUT2D eigenvalue weighted by Crippen LogP contribution is 2.41. The lowest BCUT2D eigenvalue weighted by Crippen LogP contribution is -2.09. The Labute approximate surface area is 205 Å². The molecule has 3 aromatic carbocycles. The quantitative estimate of drug-likeness (QED) is 0.286. The monoisotopic (exact) mass is 463 g/mol. The van der Waals surface area contributed by atoms with Crippen LogP contribution < -0.4 is 10.1 Å². The lowest BCUT2D eigenvalue weighted by Gasteiger charge is -2.14. The van der Waals surface area contributed by atoms with Crippen molar-refractivity contribution in [2.75, 3.05) is 12.4 Å². The lowest BCUT2D eigenvalue weighted by atomic mass is 9.93. The van der Waals surface area contributed by atoms with Gasteiger partial charge in [0.25, 0.3) is 0 Å². The molecule has 1 amide bonds. The average molecular weight is 464 g/mol. The van der Waals surface area contributed by atoms with Crippen molar-refractivity contribution >= 4 is 28.1 Å². The van der Waals surface area contributed by atoms with Crippen LogP contribution in [0.2, 0.25) is 0 Å². The first-order chi connectivity index (χ1) is 17.0. The standard InChI is InChI=1S/C31H29NO3/c1-18(26-17-27-25-10-6-7-11-28(25)35-31(27)19(2)30(26)34-3)14-29(33)32-22-12-13-24-21(16-22)15-20-8-4-5-9-23(20)24/h4-5,8-9,12-14,16-17H,6-7,10-11,15H2,1-3H3,(H,32,33)/b18-14+. The molecule has 4 heteroatoms. The van der Waals surface area contributed by atoms with Crippen molar-refractivity contribution in [3.8, 4) is 16.9 Å². The number of benzene rings is 3. The number of amides is 1. The summed E-state index contributed by atoms with van der Waals surface area (Å²) in [7, 11) is 1.68. The van der Waals surface area contributed by atoms with Crippen LogP contribution in [0.5, 0.6) is 5.75 Å². The molecule has 0 radical (unpaired) electrons. The summed E-state index contributed by atoms with van der Waals surface area (Å²) in [6.45, 7) is 4.00. The maximum absolute atomic E-state index is 13.0. The van der Waals surface area contributed by atoms with Gasteiger partial charge in [0.1, 0.15) is 17.1 Å². The maximum atomic E-state index is 13.0. The number of methoxy groups -OCH3 is 1. The van der Waals surface area contributed by atoms with Crippen molar-refractivity contribution in [2.24, 2.45) is 0 Å². The summed E-state index contributed by atoms with van der Waals surface area (Å²) in [5, 5.41) is 4.21. The third kappa shape index (κ3) is 3.65. The Bertz CT molecular complexity index is 1520. The van der Waals surface area contributed by atoms with Crippen LogP contribution in [0.15, 0.2) is 59.0 Å². The molecule has 0 unspecified atom stereocenters. The van der Waals surface area contributed by atoms with Gasteiger partial charge in [-0.05, 0) is 85.6 Å². The fourth-order valence-corrected chi connectivity index (χ4v) is 5.77. The van der Waals surface area contributed by atoms with E-state index in [0.29, 0.717) is 0 Å². The second kappa shape index (κ2) is 8.46. The minimum Gasteiger partial charge on any atom is -0.496 e. The van der Waals surface area contributed by atoms with E-state index < -0.39 is 0 Å². The molecule has 0 bridgehead atoms. The van der Waals surface area contributed by atoms with Crippen LogP contribution in [0.3, 0.4) is 0 Å². The number of fused-ring (bicyclic) bond motifs is 6. The number of anilines is 1. The molecule has 0 aliphatic heterocycles. The van der Waals surface area contributed by atoms with Crippen LogP contribution in [0.1, 0.15) is 53.3 Å². The van der Waals surface area contributed by atoms with Gasteiger partial charge < -0.3 is 14.5 Å². The van der Waals surface area contributed by atoms with Gasteiger partial charge in [0.2, 0.25) is 5.91 Å². The van der Waals surface area contributed by atoms with Gasteiger partial charge in [0.05, 0.1) is 7.11 Å². The van der Waals surface area contributed by atoms with Crippen LogP contribution in [0.25, 0.3) is 27.7 Å². The summed E-state index contributed by atoms with van der Waals surface area (Å²) in [6, 6.07) is 16.8. The molecule has 2 aliphatic carbocycles. The molecule has 1 heterocycles. The number of rotatable bonds is 4. The van der Waals surface area contributed by atoms with Crippen LogP contribution in [0.4, 0.5) is 5.69 Å². The van der Waals surface area contributed by atoms with Crippen molar-refractivity contribution < 1.29 is 13.9 Å². The lowest BCUT2D eigenvalue weighted by molar-refractivity contribution is -0.111. The van der Waals surface area contributed by atoms with E-state index in [1.54, 1.807) is 13.2 Å². The van der Waals surface area contributed by atoms with Crippen molar-refractivity contribution in [2.45, 2.75) is 46.0 Å². The van der Waals surface area contributed by atoms with E-state index >= 15 is 0 Å². The minimum atomic E-state index is -0.146. The van der Waals surface area contributed by atoms with E-state index in [2.05, 4.69) is 47.8 Å². The Hall–Kier alpha value is -3.79. The predicted octanol–water partition coefficient (Wildman–Crippen LogP) is 7.24. The van der Waals surface area contributed by atoms with E-state index in [4.69, 9.17) is 9.15 Å². The van der Waals surface area contributed by atoms with Gasteiger partial charge in [-0.2, -0.15) is 0 Å². The van der Waals surface area contributed by atoms with Gasteiger partial charge in [0, 0.05) is 40.3 Å². The van der Waals surface area contributed by atoms with E-state index in [1.165, 1.54) is 40.7 Å². The number of hydrogen-bond acceptors (Lipinski definition) is 3. The van der Waals surface area contributed by atoms with E-state index in [9.17, 15) is 4.79 Å². The normalized spacial score (nSPS) is 14.4. The molecule has 0 saturated heterocycles. The molecule has 176 valence electrons. The molecule has 1 N–H and O–H groups in total. The second-order valence-electron chi connectivity index (χ2n) is 9.69. The van der Waals surface area contributed by atoms with Crippen LogP contribution in [-0.4, -0.2) is 13.0 Å². The molecule has 0 fully saturated rings. The molecule has 0 saturated carbocycles. The van der Waals surface area contributed by atoms with Gasteiger partial charge >= 0.3 is 0 Å². The summed E-state index contributed by atoms with van der Waals surface area (Å²) >= 11 is 0. The fraction of sp³-hybridized carbons (Fsp3) is 0.258. The summed E-state index contributed by atoms with van der Waals surface area (Å²) in [6.07, 6.45) is 6.95. The SMILES string of the molecule is COc1c(/C(C)=C/C(=O)Nc2ccc3c(c2)Cc2ccccc2-3)cc2c3c(oc2c1C)CCCC3. The van der Waals surface area contributed by atoms with Gasteiger partial charge in [-0.15, -0.1) is 0 Å². The summed E-state index contributed by atoms with van der Waals surface area (Å²) in [5.74, 6) is 1.72. The van der Waals surface area contributed by atoms with E-state index in [1.807, 2.05) is 19.9 Å². The van der Waals surface area contributed by atoms with Gasteiger partial charge in [-0.1, -0.05) is 30.3 Å². The molecule has 0 spiro atoms. The topological polar surface area (TPSA) is 51.5 Å². The molecule has 2 aliphatic rings. The van der Waals surface area contributed by atoms with E-state index in [0.717, 1.165) is 64.1 Å². The van der Waals surface area contributed by atoms with Crippen LogP contribution in [0, 0.1) is 6.92 Å². The van der Waals surface area contributed by atoms with Crippen molar-refractivity contribution in [3.05, 3.63) is 88.2 Å². The van der Waals surface area contributed by atoms with Crippen LogP contribution in [-0.2, 0) is 24.1 Å². The van der Waals surface area contributed by atoms with Crippen molar-refractivity contribution in [3.63, 3.8) is 0 Å². The number of allylic oxidation sites excluding steroid dienone is 1. The molecule has 0 atom stereocenters. The molecule has 4 nitrogen and oxygen atoms in total. The number of carbonyl (C=O) groups excluding carboxylic acids is 1. The minimum absolute atomic E-state index is 0.146. The Morgan fingerprint density at radius 2 is 1.83 bits per heavy atom. The Balaban J connectivity index is 1.30. The first-order valence-electron chi connectivity index (χ1n) is 12.4. The first-order valence-corrected chi connectivity index (χ1v) is 12.4. The fourth-order valence-electron chi connectivity index (χ4n) is 5.77. The van der Waals surface area contributed by atoms with Gasteiger partial charge in [0.15, 0.2) is 0 Å². The van der Waals surface area contributed by atoms with Crippen LogP contribution >= 0.6 is 0 Å². The molecule has 1 aromatic heterocycles. The highest BCUT2D eigenvalue weighted by atomic mass is 16.5. The predicted molar refractivity (Wildman–Crippen MR) is 141 cm³/mol. The molecular formula is C31H29NO3. The summed E-state index contributed by atoms with van der Waals surface area (Å²) < 4.78 is 12.0.